The molecule has 0 spiro atoms. The molecule has 2 amide bonds. The molecule has 2 N–H and O–H groups in total. The standard InChI is InChI=1S/C23H25N3O4/c1-3-15-7-4-6-14(2)21(15)25-20(27)13-30-23(29)16-9-10-18-17(12-16)24-22(28)19-8-5-11-26(18)19/h4,6-7,9-10,12,19H,3,5,8,11,13H2,1-2H3,(H,24,28)(H,25,27)/t19-/m0/s1. The molecule has 2 aliphatic heterocycles. The highest BCUT2D eigenvalue weighted by Gasteiger charge is 2.36. The van der Waals surface area contributed by atoms with E-state index in [1.165, 1.54) is 0 Å². The molecule has 7 nitrogen and oxygen atoms in total. The average molecular weight is 407 g/mol. The van der Waals surface area contributed by atoms with Gasteiger partial charge < -0.3 is 20.3 Å². The molecule has 0 saturated carbocycles. The van der Waals surface area contributed by atoms with Gasteiger partial charge in [0.05, 0.1) is 16.9 Å². The zero-order valence-electron chi connectivity index (χ0n) is 17.2. The molecular weight excluding hydrogens is 382 g/mol. The first-order valence-corrected chi connectivity index (χ1v) is 10.2. The molecule has 1 saturated heterocycles. The quantitative estimate of drug-likeness (QED) is 0.743. The molecule has 7 heteroatoms. The molecule has 0 aliphatic carbocycles. The van der Waals surface area contributed by atoms with Crippen molar-refractivity contribution < 1.29 is 19.1 Å². The number of ether oxygens (including phenoxy) is 1. The Morgan fingerprint density at radius 1 is 1.27 bits per heavy atom. The van der Waals surface area contributed by atoms with Crippen LogP contribution in [0.1, 0.15) is 41.3 Å². The van der Waals surface area contributed by atoms with Crippen LogP contribution in [0.25, 0.3) is 0 Å². The average Bonchev–Trinajstić information content (AvgIpc) is 3.24. The van der Waals surface area contributed by atoms with Crippen molar-refractivity contribution in [1.82, 2.24) is 0 Å². The van der Waals surface area contributed by atoms with Crippen LogP contribution in [0.2, 0.25) is 0 Å². The molecule has 1 fully saturated rings. The number of hydrogen-bond donors (Lipinski definition) is 2. The van der Waals surface area contributed by atoms with E-state index in [4.69, 9.17) is 4.74 Å². The van der Waals surface area contributed by atoms with E-state index in [1.807, 2.05) is 38.1 Å². The second kappa shape index (κ2) is 8.18. The van der Waals surface area contributed by atoms with Crippen molar-refractivity contribution >= 4 is 34.8 Å². The second-order valence-electron chi connectivity index (χ2n) is 7.66. The Morgan fingerprint density at radius 2 is 2.10 bits per heavy atom. The maximum Gasteiger partial charge on any atom is 0.338 e. The van der Waals surface area contributed by atoms with E-state index in [0.29, 0.717) is 11.3 Å². The van der Waals surface area contributed by atoms with Crippen molar-refractivity contribution in [3.63, 3.8) is 0 Å². The van der Waals surface area contributed by atoms with Crippen molar-refractivity contribution in [2.24, 2.45) is 0 Å². The van der Waals surface area contributed by atoms with Gasteiger partial charge in [-0.3, -0.25) is 9.59 Å². The SMILES string of the molecule is CCc1cccc(C)c1NC(=O)COC(=O)c1ccc2c(c1)NC(=O)[C@@H]1CCCN21. The number of aryl methyl sites for hydroxylation is 2. The van der Waals surface area contributed by atoms with Crippen LogP contribution in [-0.4, -0.2) is 37.0 Å². The van der Waals surface area contributed by atoms with Crippen LogP contribution in [0.15, 0.2) is 36.4 Å². The summed E-state index contributed by atoms with van der Waals surface area (Å²) in [5.41, 5.74) is 4.56. The summed E-state index contributed by atoms with van der Waals surface area (Å²) in [6.07, 6.45) is 2.59. The van der Waals surface area contributed by atoms with Crippen LogP contribution in [0.4, 0.5) is 17.1 Å². The van der Waals surface area contributed by atoms with E-state index < -0.39 is 11.9 Å². The lowest BCUT2D eigenvalue weighted by molar-refractivity contribution is -0.119. The lowest BCUT2D eigenvalue weighted by atomic mass is 10.1. The van der Waals surface area contributed by atoms with E-state index in [0.717, 1.165) is 48.3 Å². The zero-order chi connectivity index (χ0) is 21.3. The van der Waals surface area contributed by atoms with Gasteiger partial charge in [-0.2, -0.15) is 0 Å². The smallest absolute Gasteiger partial charge is 0.338 e. The minimum absolute atomic E-state index is 0.0464. The Bertz CT molecular complexity index is 1020. The van der Waals surface area contributed by atoms with Crippen molar-refractivity contribution in [2.75, 3.05) is 28.7 Å². The van der Waals surface area contributed by atoms with E-state index in [-0.39, 0.29) is 18.6 Å². The van der Waals surface area contributed by atoms with Gasteiger partial charge in [0.1, 0.15) is 6.04 Å². The number of nitrogens with zero attached hydrogens (tertiary/aromatic N) is 1. The van der Waals surface area contributed by atoms with Gasteiger partial charge in [-0.05, 0) is 55.5 Å². The predicted molar refractivity (Wildman–Crippen MR) is 115 cm³/mol. The molecule has 0 radical (unpaired) electrons. The van der Waals surface area contributed by atoms with Gasteiger partial charge in [0.15, 0.2) is 6.61 Å². The highest BCUT2D eigenvalue weighted by Crippen LogP contribution is 2.37. The predicted octanol–water partition coefficient (Wildman–Crippen LogP) is 3.27. The fourth-order valence-electron chi connectivity index (χ4n) is 4.15. The molecule has 4 rings (SSSR count). The number of fused-ring (bicyclic) bond motifs is 3. The van der Waals surface area contributed by atoms with E-state index in [9.17, 15) is 14.4 Å². The first-order chi connectivity index (χ1) is 14.5. The number of carbonyl (C=O) groups is 3. The highest BCUT2D eigenvalue weighted by atomic mass is 16.5. The normalized spacial score (nSPS) is 17.1. The molecule has 1 atom stereocenters. The third-order valence-corrected chi connectivity index (χ3v) is 5.69. The molecule has 2 heterocycles. The number of para-hydroxylation sites is 1. The summed E-state index contributed by atoms with van der Waals surface area (Å²) < 4.78 is 5.20. The monoisotopic (exact) mass is 407 g/mol. The van der Waals surface area contributed by atoms with Crippen molar-refractivity contribution in [3.05, 3.63) is 53.1 Å². The van der Waals surface area contributed by atoms with Gasteiger partial charge in [-0.1, -0.05) is 25.1 Å². The molecule has 0 bridgehead atoms. The number of anilines is 3. The molecule has 2 aliphatic rings. The highest BCUT2D eigenvalue weighted by molar-refractivity contribution is 6.05. The topological polar surface area (TPSA) is 87.7 Å². The van der Waals surface area contributed by atoms with Gasteiger partial charge in [0.25, 0.3) is 5.91 Å². The number of carbonyl (C=O) groups excluding carboxylic acids is 3. The molecular formula is C23H25N3O4. The Morgan fingerprint density at radius 3 is 2.90 bits per heavy atom. The van der Waals surface area contributed by atoms with Crippen LogP contribution < -0.4 is 15.5 Å². The third-order valence-electron chi connectivity index (χ3n) is 5.69. The first kappa shape index (κ1) is 19.9. The van der Waals surface area contributed by atoms with Crippen molar-refractivity contribution in [2.45, 2.75) is 39.2 Å². The summed E-state index contributed by atoms with van der Waals surface area (Å²) in [6.45, 7) is 4.39. The third kappa shape index (κ3) is 3.75. The Labute approximate surface area is 175 Å². The number of hydrogen-bond acceptors (Lipinski definition) is 5. The molecule has 0 unspecified atom stereocenters. The van der Waals surface area contributed by atoms with Gasteiger partial charge in [0, 0.05) is 12.2 Å². The number of nitrogens with one attached hydrogen (secondary N) is 2. The maximum absolute atomic E-state index is 12.5. The van der Waals surface area contributed by atoms with E-state index in [2.05, 4.69) is 15.5 Å². The Kier molecular flexibility index (Phi) is 5.44. The Hall–Kier alpha value is -3.35. The molecule has 0 aromatic heterocycles. The first-order valence-electron chi connectivity index (χ1n) is 10.2. The minimum atomic E-state index is -0.605. The number of amides is 2. The van der Waals surface area contributed by atoms with Crippen molar-refractivity contribution in [3.8, 4) is 0 Å². The van der Waals surface area contributed by atoms with Crippen LogP contribution in [0.3, 0.4) is 0 Å². The number of esters is 1. The molecule has 156 valence electrons. The fourth-order valence-corrected chi connectivity index (χ4v) is 4.15. The maximum atomic E-state index is 12.5. The summed E-state index contributed by atoms with van der Waals surface area (Å²) in [5.74, 6) is -1.04. The van der Waals surface area contributed by atoms with Crippen LogP contribution in [0.5, 0.6) is 0 Å². The second-order valence-corrected chi connectivity index (χ2v) is 7.66. The van der Waals surface area contributed by atoms with Gasteiger partial charge in [0.2, 0.25) is 5.91 Å². The lowest BCUT2D eigenvalue weighted by Crippen LogP contribution is -2.43. The van der Waals surface area contributed by atoms with Gasteiger partial charge >= 0.3 is 5.97 Å². The summed E-state index contributed by atoms with van der Waals surface area (Å²) in [5, 5.41) is 5.71. The number of benzene rings is 2. The number of rotatable bonds is 5. The van der Waals surface area contributed by atoms with Crippen molar-refractivity contribution in [1.29, 1.82) is 0 Å². The van der Waals surface area contributed by atoms with Gasteiger partial charge in [-0.15, -0.1) is 0 Å². The van der Waals surface area contributed by atoms with Gasteiger partial charge in [-0.25, -0.2) is 4.79 Å². The van der Waals surface area contributed by atoms with E-state index >= 15 is 0 Å². The summed E-state index contributed by atoms with van der Waals surface area (Å²) in [6, 6.07) is 10.8. The summed E-state index contributed by atoms with van der Waals surface area (Å²) in [7, 11) is 0. The van der Waals surface area contributed by atoms with Crippen LogP contribution in [-0.2, 0) is 20.7 Å². The minimum Gasteiger partial charge on any atom is -0.452 e. The Balaban J connectivity index is 1.41. The summed E-state index contributed by atoms with van der Waals surface area (Å²) in [4.78, 5) is 39.1. The lowest BCUT2D eigenvalue weighted by Gasteiger charge is -2.33. The molecule has 30 heavy (non-hydrogen) atoms. The molecule has 2 aromatic carbocycles. The van der Waals surface area contributed by atoms with Crippen LogP contribution >= 0.6 is 0 Å². The fraction of sp³-hybridized carbons (Fsp3) is 0.348. The van der Waals surface area contributed by atoms with Crippen LogP contribution in [0, 0.1) is 6.92 Å². The largest absolute Gasteiger partial charge is 0.452 e. The zero-order valence-corrected chi connectivity index (χ0v) is 17.2. The summed E-state index contributed by atoms with van der Waals surface area (Å²) >= 11 is 0. The molecule has 2 aromatic rings. The van der Waals surface area contributed by atoms with E-state index in [1.54, 1.807) is 12.1 Å².